The molecular weight excluding hydrogens is 484 g/mol. The Bertz CT molecular complexity index is 732. The number of aliphatic carboxylic acids is 1. The van der Waals surface area contributed by atoms with Crippen molar-refractivity contribution in [1.29, 1.82) is 0 Å². The molecule has 0 bridgehead atoms. The average molecular weight is 519 g/mol. The third kappa shape index (κ3) is 18.4. The monoisotopic (exact) mass is 518 g/mol. The molecule has 1 aromatic rings. The third-order valence-corrected chi connectivity index (χ3v) is 4.06. The number of carboxylic acids is 1. The minimum absolute atomic E-state index is 0.0132. The van der Waals surface area contributed by atoms with Crippen LogP contribution in [0.15, 0.2) is 24.3 Å². The average Bonchev–Trinajstić information content (AvgIpc) is 2.85. The minimum atomic E-state index is -1.13. The fourth-order valence-electron chi connectivity index (χ4n) is 2.41. The van der Waals surface area contributed by atoms with Gasteiger partial charge in [0.2, 0.25) is 5.91 Å². The summed E-state index contributed by atoms with van der Waals surface area (Å²) in [5.74, 6) is -0.996. The van der Waals surface area contributed by atoms with Crippen LogP contribution in [0.3, 0.4) is 0 Å². The number of carbonyl (C=O) groups is 2. The zero-order chi connectivity index (χ0) is 26.3. The summed E-state index contributed by atoms with van der Waals surface area (Å²) < 4.78 is 36.9. The van der Waals surface area contributed by atoms with E-state index in [0.717, 1.165) is 0 Å². The summed E-state index contributed by atoms with van der Waals surface area (Å²) in [5.41, 5.74) is 0.0132. The van der Waals surface area contributed by atoms with Gasteiger partial charge < -0.3 is 43.6 Å². The Kier molecular flexibility index (Phi) is 18.5. The van der Waals surface area contributed by atoms with Gasteiger partial charge in [0.05, 0.1) is 71.0 Å². The van der Waals surface area contributed by atoms with Crippen LogP contribution >= 0.6 is 0 Å². The first kappa shape index (κ1) is 31.2. The molecule has 0 saturated carbocycles. The molecular formula is C22H34N2O12. The van der Waals surface area contributed by atoms with Crippen molar-refractivity contribution < 1.29 is 52.8 Å². The molecule has 1 aromatic carbocycles. The summed E-state index contributed by atoms with van der Waals surface area (Å²) in [7, 11) is 0. The number of carboxylic acid groups (broad SMARTS) is 1. The van der Waals surface area contributed by atoms with E-state index >= 15 is 0 Å². The van der Waals surface area contributed by atoms with Gasteiger partial charge in [0.15, 0.2) is 0 Å². The number of amides is 1. The molecule has 0 fully saturated rings. The summed E-state index contributed by atoms with van der Waals surface area (Å²) in [6.45, 7) is 3.76. The van der Waals surface area contributed by atoms with Gasteiger partial charge in [-0.2, -0.15) is 0 Å². The second-order valence-electron chi connectivity index (χ2n) is 6.90. The predicted molar refractivity (Wildman–Crippen MR) is 124 cm³/mol. The van der Waals surface area contributed by atoms with Crippen molar-refractivity contribution in [3.05, 3.63) is 34.4 Å². The maximum Gasteiger partial charge on any atom is 0.329 e. The van der Waals surface area contributed by atoms with E-state index < -0.39 is 23.4 Å². The molecule has 0 radical (unpaired) electrons. The number of nitro benzene ring substituents is 1. The number of non-ortho nitro benzene ring substituents is 1. The van der Waals surface area contributed by atoms with Crippen LogP contribution in [0.25, 0.3) is 0 Å². The molecule has 36 heavy (non-hydrogen) atoms. The number of nitro groups is 1. The van der Waals surface area contributed by atoms with Crippen LogP contribution in [0.2, 0.25) is 0 Å². The topological polar surface area (TPSA) is 174 Å². The van der Waals surface area contributed by atoms with Crippen molar-refractivity contribution in [3.63, 3.8) is 0 Å². The van der Waals surface area contributed by atoms with Gasteiger partial charge in [-0.1, -0.05) is 0 Å². The predicted octanol–water partition coefficient (Wildman–Crippen LogP) is 0.274. The summed E-state index contributed by atoms with van der Waals surface area (Å²) in [5, 5.41) is 21.5. The van der Waals surface area contributed by atoms with Crippen LogP contribution in [0.5, 0.6) is 5.75 Å². The first-order valence-corrected chi connectivity index (χ1v) is 11.3. The standard InChI is InChI=1S/C22H34N2O12/c25-21(17-35-18-22(26)27)23-5-6-30-7-8-31-9-10-32-11-12-33-13-14-34-15-16-36-20-3-1-19(2-4-20)24(28)29/h1-4H,5-18H2,(H,23,25)(H,26,27). The molecule has 1 rings (SSSR count). The highest BCUT2D eigenvalue weighted by Gasteiger charge is 2.04. The van der Waals surface area contributed by atoms with Crippen molar-refractivity contribution >= 4 is 17.6 Å². The van der Waals surface area contributed by atoms with Crippen LogP contribution in [0.4, 0.5) is 5.69 Å². The van der Waals surface area contributed by atoms with Crippen LogP contribution in [-0.4, -0.2) is 114 Å². The lowest BCUT2D eigenvalue weighted by atomic mass is 10.3. The number of carbonyl (C=O) groups excluding carboxylic acids is 1. The van der Waals surface area contributed by atoms with E-state index in [1.54, 1.807) is 0 Å². The molecule has 0 aromatic heterocycles. The molecule has 0 aliphatic heterocycles. The van der Waals surface area contributed by atoms with Crippen molar-refractivity contribution in [2.75, 3.05) is 92.4 Å². The van der Waals surface area contributed by atoms with E-state index in [0.29, 0.717) is 85.0 Å². The van der Waals surface area contributed by atoms with E-state index in [-0.39, 0.29) is 12.3 Å². The van der Waals surface area contributed by atoms with Crippen molar-refractivity contribution in [2.45, 2.75) is 0 Å². The zero-order valence-electron chi connectivity index (χ0n) is 20.1. The maximum atomic E-state index is 11.3. The highest BCUT2D eigenvalue weighted by molar-refractivity contribution is 5.77. The second-order valence-corrected chi connectivity index (χ2v) is 6.90. The Labute approximate surface area is 208 Å². The van der Waals surface area contributed by atoms with Gasteiger partial charge in [-0.25, -0.2) is 4.79 Å². The van der Waals surface area contributed by atoms with Gasteiger partial charge in [0.25, 0.3) is 5.69 Å². The van der Waals surface area contributed by atoms with Gasteiger partial charge in [0.1, 0.15) is 25.6 Å². The van der Waals surface area contributed by atoms with Crippen molar-refractivity contribution in [1.82, 2.24) is 5.32 Å². The maximum absolute atomic E-state index is 11.3. The Morgan fingerprint density at radius 3 is 1.67 bits per heavy atom. The molecule has 2 N–H and O–H groups in total. The molecule has 0 heterocycles. The number of benzene rings is 1. The van der Waals surface area contributed by atoms with E-state index in [1.165, 1.54) is 24.3 Å². The summed E-state index contributed by atoms with van der Waals surface area (Å²) in [6, 6.07) is 5.84. The van der Waals surface area contributed by atoms with Gasteiger partial charge in [-0.05, 0) is 12.1 Å². The molecule has 204 valence electrons. The number of nitrogens with zero attached hydrogens (tertiary/aromatic N) is 1. The van der Waals surface area contributed by atoms with Crippen molar-refractivity contribution in [2.24, 2.45) is 0 Å². The van der Waals surface area contributed by atoms with E-state index in [1.807, 2.05) is 0 Å². The Morgan fingerprint density at radius 2 is 1.19 bits per heavy atom. The molecule has 0 atom stereocenters. The Morgan fingerprint density at radius 1 is 0.722 bits per heavy atom. The quantitative estimate of drug-likeness (QED) is 0.109. The van der Waals surface area contributed by atoms with Gasteiger partial charge in [-0.15, -0.1) is 0 Å². The van der Waals surface area contributed by atoms with E-state index in [2.05, 4.69) is 10.1 Å². The summed E-state index contributed by atoms with van der Waals surface area (Å²) >= 11 is 0. The molecule has 14 nitrogen and oxygen atoms in total. The lowest BCUT2D eigenvalue weighted by Gasteiger charge is -2.09. The Hall–Kier alpha value is -2.88. The molecule has 0 unspecified atom stereocenters. The Balaban J connectivity index is 1.75. The van der Waals surface area contributed by atoms with Crippen LogP contribution < -0.4 is 10.1 Å². The number of rotatable bonds is 24. The zero-order valence-corrected chi connectivity index (χ0v) is 20.1. The first-order chi connectivity index (χ1) is 17.5. The SMILES string of the molecule is O=C(O)COCC(=O)NCCOCCOCCOCCOCCOCCOc1ccc([N+](=O)[O-])cc1. The smallest absolute Gasteiger partial charge is 0.329 e. The summed E-state index contributed by atoms with van der Waals surface area (Å²) in [6.07, 6.45) is 0. The van der Waals surface area contributed by atoms with Crippen LogP contribution in [0, 0.1) is 10.1 Å². The summed E-state index contributed by atoms with van der Waals surface area (Å²) in [4.78, 5) is 31.7. The van der Waals surface area contributed by atoms with Gasteiger partial charge in [0, 0.05) is 18.7 Å². The fourth-order valence-corrected chi connectivity index (χ4v) is 2.41. The normalized spacial score (nSPS) is 10.8. The van der Waals surface area contributed by atoms with Gasteiger partial charge >= 0.3 is 5.97 Å². The molecule has 0 aliphatic carbocycles. The van der Waals surface area contributed by atoms with Crippen molar-refractivity contribution in [3.8, 4) is 5.75 Å². The number of hydrogen-bond donors (Lipinski definition) is 2. The number of hydrogen-bond acceptors (Lipinski definition) is 11. The first-order valence-electron chi connectivity index (χ1n) is 11.3. The third-order valence-electron chi connectivity index (χ3n) is 4.06. The lowest BCUT2D eigenvalue weighted by molar-refractivity contribution is -0.384. The highest BCUT2D eigenvalue weighted by Crippen LogP contribution is 2.16. The van der Waals surface area contributed by atoms with E-state index in [9.17, 15) is 19.7 Å². The molecule has 0 aliphatic rings. The molecule has 0 saturated heterocycles. The van der Waals surface area contributed by atoms with Crippen LogP contribution in [-0.2, 0) is 38.0 Å². The van der Waals surface area contributed by atoms with Crippen LogP contribution in [0.1, 0.15) is 0 Å². The molecule has 1 amide bonds. The number of ether oxygens (including phenoxy) is 7. The minimum Gasteiger partial charge on any atom is -0.491 e. The fraction of sp³-hybridized carbons (Fsp3) is 0.636. The van der Waals surface area contributed by atoms with Gasteiger partial charge in [-0.3, -0.25) is 14.9 Å². The lowest BCUT2D eigenvalue weighted by Crippen LogP contribution is -2.31. The number of nitrogens with one attached hydrogen (secondary N) is 1. The second kappa shape index (κ2) is 21.4. The molecule has 0 spiro atoms. The highest BCUT2D eigenvalue weighted by atomic mass is 16.6. The largest absolute Gasteiger partial charge is 0.491 e. The van der Waals surface area contributed by atoms with E-state index in [4.69, 9.17) is 33.5 Å². The molecule has 14 heteroatoms.